The molecule has 1 aliphatic heterocycles. The molecule has 0 unspecified atom stereocenters. The molecule has 1 saturated heterocycles. The second kappa shape index (κ2) is 9.30. The summed E-state index contributed by atoms with van der Waals surface area (Å²) in [5.74, 6) is 0.570. The van der Waals surface area contributed by atoms with Crippen LogP contribution in [0.2, 0.25) is 0 Å². The van der Waals surface area contributed by atoms with Gasteiger partial charge in [0.1, 0.15) is 0 Å². The molecular weight excluding hydrogens is 388 g/mol. The molecule has 29 heavy (non-hydrogen) atoms. The van der Waals surface area contributed by atoms with Gasteiger partial charge in [0.15, 0.2) is 11.0 Å². The Bertz CT molecular complexity index is 862. The summed E-state index contributed by atoms with van der Waals surface area (Å²) >= 11 is 1.33. The van der Waals surface area contributed by atoms with E-state index in [9.17, 15) is 9.59 Å². The molecule has 0 radical (unpaired) electrons. The van der Waals surface area contributed by atoms with Crippen molar-refractivity contribution < 1.29 is 9.59 Å². The van der Waals surface area contributed by atoms with Gasteiger partial charge in [-0.2, -0.15) is 0 Å². The van der Waals surface area contributed by atoms with Crippen LogP contribution in [-0.2, 0) is 11.3 Å². The van der Waals surface area contributed by atoms with Crippen molar-refractivity contribution in [3.05, 3.63) is 24.3 Å². The van der Waals surface area contributed by atoms with Crippen molar-refractivity contribution in [3.63, 3.8) is 0 Å². The minimum Gasteiger partial charge on any atom is -0.372 e. The fraction of sp³-hybridized carbons (Fsp3) is 0.500. The van der Waals surface area contributed by atoms with Crippen LogP contribution in [0.4, 0.5) is 10.5 Å². The van der Waals surface area contributed by atoms with Crippen molar-refractivity contribution in [1.82, 2.24) is 25.0 Å². The van der Waals surface area contributed by atoms with Crippen molar-refractivity contribution in [2.75, 3.05) is 31.1 Å². The van der Waals surface area contributed by atoms with Crippen molar-refractivity contribution in [1.29, 1.82) is 0 Å². The largest absolute Gasteiger partial charge is 0.372 e. The molecule has 0 spiro atoms. The van der Waals surface area contributed by atoms with E-state index in [1.807, 2.05) is 11.5 Å². The maximum Gasteiger partial charge on any atom is 0.324 e. The standard InChI is InChI=1S/C20H28N6O2S/c1-5-24(6-2)16-10-8-15(9-11-16)17-22-23-20(25(17)7-3)29-14(4)18(27)26-13-12-21-19(26)28/h8-11,14H,5-7,12-13H2,1-4H3,(H,21,28)/t14-/m1/s1. The molecule has 0 aliphatic carbocycles. The van der Waals surface area contributed by atoms with Crippen LogP contribution in [0.1, 0.15) is 27.7 Å². The first-order chi connectivity index (χ1) is 14.0. The Labute approximate surface area is 175 Å². The first-order valence-corrected chi connectivity index (χ1v) is 10.9. The van der Waals surface area contributed by atoms with Gasteiger partial charge in [-0.15, -0.1) is 10.2 Å². The molecule has 1 aromatic heterocycles. The second-order valence-electron chi connectivity index (χ2n) is 6.75. The number of amides is 3. The van der Waals surface area contributed by atoms with Crippen molar-refractivity contribution in [3.8, 4) is 11.4 Å². The Morgan fingerprint density at radius 2 is 1.90 bits per heavy atom. The number of hydrogen-bond donors (Lipinski definition) is 1. The van der Waals surface area contributed by atoms with E-state index in [1.54, 1.807) is 6.92 Å². The van der Waals surface area contributed by atoms with E-state index in [-0.39, 0.29) is 11.9 Å². The lowest BCUT2D eigenvalue weighted by atomic mass is 10.2. The van der Waals surface area contributed by atoms with E-state index in [4.69, 9.17) is 0 Å². The van der Waals surface area contributed by atoms with Gasteiger partial charge in [0, 0.05) is 44.0 Å². The maximum atomic E-state index is 12.6. The van der Waals surface area contributed by atoms with E-state index in [2.05, 4.69) is 58.5 Å². The van der Waals surface area contributed by atoms with Gasteiger partial charge < -0.3 is 14.8 Å². The molecule has 156 valence electrons. The van der Waals surface area contributed by atoms with Crippen molar-refractivity contribution in [2.45, 2.75) is 44.6 Å². The highest BCUT2D eigenvalue weighted by Crippen LogP contribution is 2.29. The van der Waals surface area contributed by atoms with Crippen LogP contribution in [-0.4, -0.2) is 63.0 Å². The highest BCUT2D eigenvalue weighted by molar-refractivity contribution is 8.00. The number of benzene rings is 1. The van der Waals surface area contributed by atoms with Gasteiger partial charge in [-0.05, 0) is 52.0 Å². The van der Waals surface area contributed by atoms with Crippen LogP contribution >= 0.6 is 11.8 Å². The molecule has 9 heteroatoms. The Morgan fingerprint density at radius 3 is 2.45 bits per heavy atom. The molecule has 8 nitrogen and oxygen atoms in total. The monoisotopic (exact) mass is 416 g/mol. The number of nitrogens with zero attached hydrogens (tertiary/aromatic N) is 5. The number of imide groups is 1. The molecule has 1 atom stereocenters. The first-order valence-electron chi connectivity index (χ1n) is 10.0. The smallest absolute Gasteiger partial charge is 0.324 e. The SMILES string of the molecule is CCN(CC)c1ccc(-c2nnc(S[C@H](C)C(=O)N3CCNC3=O)n2CC)cc1. The lowest BCUT2D eigenvalue weighted by Gasteiger charge is -2.21. The minimum atomic E-state index is -0.425. The molecule has 0 saturated carbocycles. The number of thioether (sulfide) groups is 1. The normalized spacial score (nSPS) is 14.8. The van der Waals surface area contributed by atoms with Gasteiger partial charge in [-0.3, -0.25) is 9.69 Å². The molecule has 2 heterocycles. The number of urea groups is 1. The predicted octanol–water partition coefficient (Wildman–Crippen LogP) is 2.84. The fourth-order valence-electron chi connectivity index (χ4n) is 3.39. The van der Waals surface area contributed by atoms with Crippen LogP contribution in [0.3, 0.4) is 0 Å². The molecule has 1 N–H and O–H groups in total. The van der Waals surface area contributed by atoms with Gasteiger partial charge in [-0.1, -0.05) is 11.8 Å². The minimum absolute atomic E-state index is 0.208. The van der Waals surface area contributed by atoms with Gasteiger partial charge in [0.05, 0.1) is 5.25 Å². The highest BCUT2D eigenvalue weighted by atomic mass is 32.2. The zero-order chi connectivity index (χ0) is 21.0. The molecule has 1 aliphatic rings. The van der Waals surface area contributed by atoms with E-state index in [0.717, 1.165) is 24.5 Å². The summed E-state index contributed by atoms with van der Waals surface area (Å²) in [7, 11) is 0. The summed E-state index contributed by atoms with van der Waals surface area (Å²) in [6, 6.07) is 7.99. The zero-order valence-corrected chi connectivity index (χ0v) is 18.2. The summed E-state index contributed by atoms with van der Waals surface area (Å²) in [4.78, 5) is 27.9. The molecule has 3 rings (SSSR count). The quantitative estimate of drug-likeness (QED) is 0.666. The lowest BCUT2D eigenvalue weighted by molar-refractivity contribution is -0.126. The molecule has 0 bridgehead atoms. The third kappa shape index (κ3) is 4.39. The second-order valence-corrected chi connectivity index (χ2v) is 8.06. The van der Waals surface area contributed by atoms with Crippen molar-refractivity contribution in [2.24, 2.45) is 0 Å². The third-order valence-electron chi connectivity index (χ3n) is 5.04. The maximum absolute atomic E-state index is 12.6. The van der Waals surface area contributed by atoms with E-state index < -0.39 is 5.25 Å². The predicted molar refractivity (Wildman–Crippen MR) is 115 cm³/mol. The Hall–Kier alpha value is -2.55. The van der Waals surface area contributed by atoms with Crippen LogP contribution in [0.5, 0.6) is 0 Å². The highest BCUT2D eigenvalue weighted by Gasteiger charge is 2.31. The van der Waals surface area contributed by atoms with E-state index in [0.29, 0.717) is 24.8 Å². The number of carbonyl (C=O) groups is 2. The Morgan fingerprint density at radius 1 is 1.21 bits per heavy atom. The summed E-state index contributed by atoms with van der Waals surface area (Å²) in [5, 5.41) is 11.6. The van der Waals surface area contributed by atoms with E-state index in [1.165, 1.54) is 22.3 Å². The van der Waals surface area contributed by atoms with Crippen molar-refractivity contribution >= 4 is 29.4 Å². The molecular formula is C20H28N6O2S. The number of nitrogens with one attached hydrogen (secondary N) is 1. The Kier molecular flexibility index (Phi) is 6.79. The molecule has 1 fully saturated rings. The summed E-state index contributed by atoms with van der Waals surface area (Å²) in [6.07, 6.45) is 0. The average Bonchev–Trinajstić information content (AvgIpc) is 3.34. The number of carbonyl (C=O) groups excluding carboxylic acids is 2. The zero-order valence-electron chi connectivity index (χ0n) is 17.4. The molecule has 3 amide bonds. The topological polar surface area (TPSA) is 83.4 Å². The third-order valence-corrected chi connectivity index (χ3v) is 6.11. The first kappa shape index (κ1) is 21.2. The number of aromatic nitrogens is 3. The van der Waals surface area contributed by atoms with Gasteiger partial charge >= 0.3 is 6.03 Å². The van der Waals surface area contributed by atoms with Crippen LogP contribution in [0.25, 0.3) is 11.4 Å². The lowest BCUT2D eigenvalue weighted by Crippen LogP contribution is -2.39. The summed E-state index contributed by atoms with van der Waals surface area (Å²) < 4.78 is 2.00. The number of rotatable bonds is 8. The van der Waals surface area contributed by atoms with E-state index >= 15 is 0 Å². The average molecular weight is 417 g/mol. The summed E-state index contributed by atoms with van der Waals surface area (Å²) in [5.41, 5.74) is 2.17. The molecule has 2 aromatic rings. The number of anilines is 1. The van der Waals surface area contributed by atoms with Gasteiger partial charge in [-0.25, -0.2) is 4.79 Å². The van der Waals surface area contributed by atoms with Crippen LogP contribution in [0, 0.1) is 0 Å². The van der Waals surface area contributed by atoms with Crippen LogP contribution in [0.15, 0.2) is 29.4 Å². The van der Waals surface area contributed by atoms with Gasteiger partial charge in [0.2, 0.25) is 5.91 Å². The number of hydrogen-bond acceptors (Lipinski definition) is 6. The van der Waals surface area contributed by atoms with Crippen LogP contribution < -0.4 is 10.2 Å². The van der Waals surface area contributed by atoms with Gasteiger partial charge in [0.25, 0.3) is 0 Å². The summed E-state index contributed by atoms with van der Waals surface area (Å²) in [6.45, 7) is 11.6. The fourth-order valence-corrected chi connectivity index (χ4v) is 4.37. The Balaban J connectivity index is 1.78. The molecule has 1 aromatic carbocycles.